The minimum absolute atomic E-state index is 0.219. The van der Waals surface area contributed by atoms with Crippen molar-refractivity contribution in [3.8, 4) is 0 Å². The lowest BCUT2D eigenvalue weighted by atomic mass is 9.86. The Morgan fingerprint density at radius 3 is 2.81 bits per heavy atom. The molecule has 0 bridgehead atoms. The maximum atomic E-state index is 11.7. The summed E-state index contributed by atoms with van der Waals surface area (Å²) >= 11 is 0. The Labute approximate surface area is 98.6 Å². The van der Waals surface area contributed by atoms with Gasteiger partial charge in [-0.15, -0.1) is 0 Å². The predicted molar refractivity (Wildman–Crippen MR) is 65.3 cm³/mol. The maximum Gasteiger partial charge on any atom is 0.221 e. The molecule has 2 fully saturated rings. The van der Waals surface area contributed by atoms with Crippen LogP contribution in [-0.4, -0.2) is 35.5 Å². The van der Waals surface area contributed by atoms with Crippen molar-refractivity contribution in [2.24, 2.45) is 0 Å². The van der Waals surface area contributed by atoms with Gasteiger partial charge in [-0.2, -0.15) is 0 Å². The highest BCUT2D eigenvalue weighted by Gasteiger charge is 2.41. The molecule has 3 heteroatoms. The number of carbonyl (C=O) groups excluding carboxylic acids is 1. The van der Waals surface area contributed by atoms with E-state index in [0.29, 0.717) is 12.5 Å². The Morgan fingerprint density at radius 1 is 1.38 bits per heavy atom. The number of hydrogen-bond donors (Lipinski definition) is 1. The fraction of sp³-hybridized carbons (Fsp3) is 0.923. The zero-order valence-electron chi connectivity index (χ0n) is 10.6. The van der Waals surface area contributed by atoms with E-state index in [9.17, 15) is 4.79 Å². The highest BCUT2D eigenvalue weighted by molar-refractivity contribution is 5.77. The van der Waals surface area contributed by atoms with Crippen LogP contribution in [0.3, 0.4) is 0 Å². The SMILES string of the molecule is CCC1(CC)CNC(=O)CC2CCCCN21. The van der Waals surface area contributed by atoms with E-state index in [-0.39, 0.29) is 11.4 Å². The van der Waals surface area contributed by atoms with Gasteiger partial charge >= 0.3 is 0 Å². The molecular weight excluding hydrogens is 200 g/mol. The molecule has 0 radical (unpaired) electrons. The van der Waals surface area contributed by atoms with E-state index < -0.39 is 0 Å². The number of fused-ring (bicyclic) bond motifs is 1. The number of rotatable bonds is 2. The molecule has 0 aromatic heterocycles. The minimum Gasteiger partial charge on any atom is -0.354 e. The summed E-state index contributed by atoms with van der Waals surface area (Å²) in [6.45, 7) is 6.54. The average Bonchev–Trinajstić information content (AvgIpc) is 2.46. The topological polar surface area (TPSA) is 32.3 Å². The zero-order chi connectivity index (χ0) is 11.6. The van der Waals surface area contributed by atoms with Crippen LogP contribution in [-0.2, 0) is 4.79 Å². The Balaban J connectivity index is 2.25. The fourth-order valence-corrected chi connectivity index (χ4v) is 3.39. The lowest BCUT2D eigenvalue weighted by Gasteiger charge is -2.47. The van der Waals surface area contributed by atoms with E-state index in [1.54, 1.807) is 0 Å². The van der Waals surface area contributed by atoms with Crippen molar-refractivity contribution in [2.45, 2.75) is 64.0 Å². The van der Waals surface area contributed by atoms with Crippen LogP contribution in [0.1, 0.15) is 52.4 Å². The average molecular weight is 224 g/mol. The first-order valence-corrected chi connectivity index (χ1v) is 6.75. The summed E-state index contributed by atoms with van der Waals surface area (Å²) in [5.74, 6) is 0.251. The van der Waals surface area contributed by atoms with E-state index in [2.05, 4.69) is 24.1 Å². The molecule has 3 nitrogen and oxygen atoms in total. The number of nitrogens with one attached hydrogen (secondary N) is 1. The van der Waals surface area contributed by atoms with E-state index in [1.807, 2.05) is 0 Å². The fourth-order valence-electron chi connectivity index (χ4n) is 3.39. The zero-order valence-corrected chi connectivity index (χ0v) is 10.6. The number of hydrogen-bond acceptors (Lipinski definition) is 2. The minimum atomic E-state index is 0.219. The quantitative estimate of drug-likeness (QED) is 0.777. The van der Waals surface area contributed by atoms with Crippen LogP contribution in [0, 0.1) is 0 Å². The van der Waals surface area contributed by atoms with Gasteiger partial charge in [-0.25, -0.2) is 0 Å². The van der Waals surface area contributed by atoms with E-state index in [0.717, 1.165) is 19.4 Å². The van der Waals surface area contributed by atoms with Crippen LogP contribution < -0.4 is 5.32 Å². The number of nitrogens with zero attached hydrogens (tertiary/aromatic N) is 1. The molecule has 0 aliphatic carbocycles. The third-order valence-corrected chi connectivity index (χ3v) is 4.59. The molecule has 2 heterocycles. The smallest absolute Gasteiger partial charge is 0.221 e. The first-order chi connectivity index (χ1) is 7.72. The van der Waals surface area contributed by atoms with Gasteiger partial charge in [-0.3, -0.25) is 9.69 Å². The predicted octanol–water partition coefficient (Wildman–Crippen LogP) is 1.92. The first kappa shape index (κ1) is 11.9. The summed E-state index contributed by atoms with van der Waals surface area (Å²) in [5.41, 5.74) is 0.219. The summed E-state index contributed by atoms with van der Waals surface area (Å²) in [6.07, 6.45) is 6.78. The van der Waals surface area contributed by atoms with Crippen LogP contribution in [0.4, 0.5) is 0 Å². The number of piperidine rings is 1. The highest BCUT2D eigenvalue weighted by atomic mass is 16.1. The summed E-state index contributed by atoms with van der Waals surface area (Å²) in [7, 11) is 0. The van der Waals surface area contributed by atoms with Gasteiger partial charge in [0.15, 0.2) is 0 Å². The van der Waals surface area contributed by atoms with Crippen molar-refractivity contribution < 1.29 is 4.79 Å². The van der Waals surface area contributed by atoms with Gasteiger partial charge < -0.3 is 5.32 Å². The van der Waals surface area contributed by atoms with Gasteiger partial charge in [0, 0.05) is 24.5 Å². The second-order valence-corrected chi connectivity index (χ2v) is 5.26. The molecule has 2 aliphatic heterocycles. The Hall–Kier alpha value is -0.570. The molecule has 0 saturated carbocycles. The van der Waals surface area contributed by atoms with Gasteiger partial charge in [0.1, 0.15) is 0 Å². The van der Waals surface area contributed by atoms with Crippen LogP contribution in [0.2, 0.25) is 0 Å². The molecular formula is C13H24N2O. The largest absolute Gasteiger partial charge is 0.354 e. The highest BCUT2D eigenvalue weighted by Crippen LogP contribution is 2.33. The van der Waals surface area contributed by atoms with E-state index >= 15 is 0 Å². The normalized spacial score (nSPS) is 30.4. The van der Waals surface area contributed by atoms with Crippen molar-refractivity contribution in [3.63, 3.8) is 0 Å². The number of amides is 1. The van der Waals surface area contributed by atoms with Crippen molar-refractivity contribution in [2.75, 3.05) is 13.1 Å². The lowest BCUT2D eigenvalue weighted by molar-refractivity contribution is -0.121. The Kier molecular flexibility index (Phi) is 3.53. The van der Waals surface area contributed by atoms with Gasteiger partial charge in [-0.05, 0) is 32.2 Å². The maximum absolute atomic E-state index is 11.7. The van der Waals surface area contributed by atoms with Gasteiger partial charge in [-0.1, -0.05) is 20.3 Å². The molecule has 1 N–H and O–H groups in total. The van der Waals surface area contributed by atoms with Crippen molar-refractivity contribution >= 4 is 5.91 Å². The van der Waals surface area contributed by atoms with Crippen LogP contribution >= 0.6 is 0 Å². The standard InChI is InChI=1S/C13H24N2O/c1-3-13(4-2)10-14-12(16)9-11-7-5-6-8-15(11)13/h11H,3-10H2,1-2H3,(H,14,16). The molecule has 2 aliphatic rings. The molecule has 92 valence electrons. The van der Waals surface area contributed by atoms with Crippen molar-refractivity contribution in [1.82, 2.24) is 10.2 Å². The molecule has 1 atom stereocenters. The van der Waals surface area contributed by atoms with E-state index in [1.165, 1.54) is 25.8 Å². The summed E-state index contributed by atoms with van der Waals surface area (Å²) in [6, 6.07) is 0.496. The second-order valence-electron chi connectivity index (χ2n) is 5.26. The molecule has 2 saturated heterocycles. The van der Waals surface area contributed by atoms with Gasteiger partial charge in [0.2, 0.25) is 5.91 Å². The van der Waals surface area contributed by atoms with E-state index in [4.69, 9.17) is 0 Å². The molecule has 16 heavy (non-hydrogen) atoms. The van der Waals surface area contributed by atoms with Crippen LogP contribution in [0.5, 0.6) is 0 Å². The third kappa shape index (κ3) is 1.97. The lowest BCUT2D eigenvalue weighted by Crippen LogP contribution is -2.57. The molecule has 1 unspecified atom stereocenters. The summed E-state index contributed by atoms with van der Waals surface area (Å²) in [4.78, 5) is 14.4. The van der Waals surface area contributed by atoms with Crippen molar-refractivity contribution in [1.29, 1.82) is 0 Å². The second kappa shape index (κ2) is 4.74. The Morgan fingerprint density at radius 2 is 2.12 bits per heavy atom. The van der Waals surface area contributed by atoms with Crippen LogP contribution in [0.25, 0.3) is 0 Å². The molecule has 0 spiro atoms. The molecule has 1 amide bonds. The molecule has 0 aromatic carbocycles. The summed E-state index contributed by atoms with van der Waals surface area (Å²) < 4.78 is 0. The molecule has 0 aromatic rings. The van der Waals surface area contributed by atoms with Crippen LogP contribution in [0.15, 0.2) is 0 Å². The van der Waals surface area contributed by atoms with Crippen molar-refractivity contribution in [3.05, 3.63) is 0 Å². The number of carbonyl (C=O) groups is 1. The summed E-state index contributed by atoms with van der Waals surface area (Å²) in [5, 5.41) is 3.11. The third-order valence-electron chi connectivity index (χ3n) is 4.59. The Bertz CT molecular complexity index is 261. The monoisotopic (exact) mass is 224 g/mol. The van der Waals surface area contributed by atoms with Gasteiger partial charge in [0.25, 0.3) is 0 Å². The van der Waals surface area contributed by atoms with Gasteiger partial charge in [0.05, 0.1) is 0 Å². The first-order valence-electron chi connectivity index (χ1n) is 6.75. The molecule has 2 rings (SSSR count).